The summed E-state index contributed by atoms with van der Waals surface area (Å²) in [6.07, 6.45) is 57.3. The third-order valence-corrected chi connectivity index (χ3v) is 15.5. The van der Waals surface area contributed by atoms with Gasteiger partial charge in [-0.1, -0.05) is 252 Å². The molecule has 0 bridgehead atoms. The lowest BCUT2D eigenvalue weighted by atomic mass is 9.97. The van der Waals surface area contributed by atoms with Crippen LogP contribution < -0.4 is 5.32 Å². The highest BCUT2D eigenvalue weighted by Gasteiger charge is 2.51. The monoisotopic (exact) mass is 1170 g/mol. The minimum Gasteiger partial charge on any atom is -0.394 e. The molecule has 12 atom stereocenters. The van der Waals surface area contributed by atoms with Crippen LogP contribution in [0.5, 0.6) is 0 Å². The van der Waals surface area contributed by atoms with E-state index in [1.165, 1.54) is 122 Å². The van der Waals surface area contributed by atoms with E-state index >= 15 is 0 Å². The summed E-state index contributed by atoms with van der Waals surface area (Å²) in [5.74, 6) is -0.246. The lowest BCUT2D eigenvalue weighted by Crippen LogP contribution is -2.65. The number of aliphatic hydroxyl groups is 8. The van der Waals surface area contributed by atoms with Crippen LogP contribution in [0.3, 0.4) is 0 Å². The van der Waals surface area contributed by atoms with Crippen molar-refractivity contribution in [3.63, 3.8) is 0 Å². The fraction of sp³-hybridized carbons (Fsp3) is 0.754. The van der Waals surface area contributed by atoms with E-state index in [9.17, 15) is 45.6 Å². The maximum Gasteiger partial charge on any atom is 0.220 e. The predicted octanol–water partition coefficient (Wildman–Crippen LogP) is 12.6. The van der Waals surface area contributed by atoms with Gasteiger partial charge in [0.15, 0.2) is 12.6 Å². The summed E-state index contributed by atoms with van der Waals surface area (Å²) >= 11 is 0. The molecule has 478 valence electrons. The molecule has 2 aliphatic rings. The van der Waals surface area contributed by atoms with Crippen LogP contribution in [0.2, 0.25) is 0 Å². The summed E-state index contributed by atoms with van der Waals surface area (Å²) in [6, 6.07) is -0.922. The van der Waals surface area contributed by atoms with Crippen molar-refractivity contribution in [2.24, 2.45) is 0 Å². The van der Waals surface area contributed by atoms with Crippen LogP contribution >= 0.6 is 0 Å². The molecule has 0 saturated carbocycles. The van der Waals surface area contributed by atoms with E-state index in [2.05, 4.69) is 104 Å². The van der Waals surface area contributed by atoms with Crippen molar-refractivity contribution in [1.29, 1.82) is 0 Å². The van der Waals surface area contributed by atoms with E-state index in [-0.39, 0.29) is 18.9 Å². The molecule has 2 fully saturated rings. The molecule has 0 aliphatic carbocycles. The highest BCUT2D eigenvalue weighted by Crippen LogP contribution is 2.30. The summed E-state index contributed by atoms with van der Waals surface area (Å²) in [4.78, 5) is 13.3. The van der Waals surface area contributed by atoms with Crippen molar-refractivity contribution in [3.8, 4) is 0 Å². The SMILES string of the molecule is CC/C=C\C/C=C\C/C=C\C/C=C\C/C=C\C/C=C\C/C=C\CCCCCCCCCCCCCC(=O)NC(COC1OC(CO)C(OC2OC(CO)C(O)C(O)C2O)C(O)C1O)C(O)/C=C/CCCCCCCCCCCCCCCC. The van der Waals surface area contributed by atoms with Gasteiger partial charge < -0.3 is 65.1 Å². The molecule has 2 heterocycles. The van der Waals surface area contributed by atoms with Gasteiger partial charge in [-0.2, -0.15) is 0 Å². The van der Waals surface area contributed by atoms with Crippen LogP contribution in [-0.4, -0.2) is 140 Å². The smallest absolute Gasteiger partial charge is 0.220 e. The molecule has 0 aromatic carbocycles. The zero-order chi connectivity index (χ0) is 60.2. The topological polar surface area (TPSA) is 228 Å². The third-order valence-electron chi connectivity index (χ3n) is 15.5. The number of aliphatic hydroxyl groups excluding tert-OH is 8. The Bertz CT molecular complexity index is 1760. The normalized spacial score (nSPS) is 24.5. The molecule has 0 radical (unpaired) electrons. The van der Waals surface area contributed by atoms with E-state index in [1.54, 1.807) is 6.08 Å². The number of carbonyl (C=O) groups excluding carboxylic acids is 1. The first-order chi connectivity index (χ1) is 40.6. The second kappa shape index (κ2) is 53.2. The van der Waals surface area contributed by atoms with Gasteiger partial charge in [-0.25, -0.2) is 0 Å². The highest BCUT2D eigenvalue weighted by atomic mass is 16.7. The summed E-state index contributed by atoms with van der Waals surface area (Å²) in [6.45, 7) is 2.68. The van der Waals surface area contributed by atoms with Crippen molar-refractivity contribution < 1.29 is 64.6 Å². The fourth-order valence-corrected chi connectivity index (χ4v) is 10.3. The molecule has 2 saturated heterocycles. The average molecular weight is 1170 g/mol. The van der Waals surface area contributed by atoms with Gasteiger partial charge >= 0.3 is 0 Å². The minimum atomic E-state index is -1.79. The van der Waals surface area contributed by atoms with Crippen molar-refractivity contribution >= 4 is 5.91 Å². The molecule has 2 aliphatic heterocycles. The second-order valence-corrected chi connectivity index (χ2v) is 22.9. The number of nitrogens with one attached hydrogen (secondary N) is 1. The molecular weight excluding hydrogens is 1050 g/mol. The molecule has 14 heteroatoms. The van der Waals surface area contributed by atoms with Crippen LogP contribution in [0.25, 0.3) is 0 Å². The molecule has 14 nitrogen and oxygen atoms in total. The Morgan fingerprint density at radius 3 is 1.28 bits per heavy atom. The number of carbonyl (C=O) groups is 1. The van der Waals surface area contributed by atoms with E-state index in [0.29, 0.717) is 6.42 Å². The Morgan fingerprint density at radius 1 is 0.446 bits per heavy atom. The van der Waals surface area contributed by atoms with Gasteiger partial charge in [-0.15, -0.1) is 0 Å². The van der Waals surface area contributed by atoms with E-state index < -0.39 is 86.8 Å². The van der Waals surface area contributed by atoms with Gasteiger partial charge in [0, 0.05) is 6.42 Å². The van der Waals surface area contributed by atoms with Crippen LogP contribution in [0.4, 0.5) is 0 Å². The van der Waals surface area contributed by atoms with Gasteiger partial charge in [0.25, 0.3) is 0 Å². The van der Waals surface area contributed by atoms with Crippen molar-refractivity contribution in [1.82, 2.24) is 5.32 Å². The zero-order valence-electron chi connectivity index (χ0n) is 51.7. The first kappa shape index (κ1) is 76.0. The third kappa shape index (κ3) is 37.9. The first-order valence-electron chi connectivity index (χ1n) is 33.0. The number of ether oxygens (including phenoxy) is 4. The Morgan fingerprint density at radius 2 is 0.831 bits per heavy atom. The van der Waals surface area contributed by atoms with Gasteiger partial charge in [0.2, 0.25) is 5.91 Å². The Hall–Kier alpha value is -3.09. The fourth-order valence-electron chi connectivity index (χ4n) is 10.3. The van der Waals surface area contributed by atoms with Crippen LogP contribution in [0, 0.1) is 0 Å². The number of hydrogen-bond acceptors (Lipinski definition) is 13. The van der Waals surface area contributed by atoms with E-state index in [0.717, 1.165) is 89.9 Å². The predicted molar refractivity (Wildman–Crippen MR) is 336 cm³/mol. The summed E-state index contributed by atoms with van der Waals surface area (Å²) < 4.78 is 22.8. The quantitative estimate of drug-likeness (QED) is 0.0204. The lowest BCUT2D eigenvalue weighted by molar-refractivity contribution is -0.359. The van der Waals surface area contributed by atoms with Crippen LogP contribution in [0.1, 0.15) is 239 Å². The molecular formula is C69H119NO13. The lowest BCUT2D eigenvalue weighted by Gasteiger charge is -2.46. The number of amides is 1. The molecule has 0 aromatic heterocycles. The number of allylic oxidation sites excluding steroid dienone is 15. The summed E-state index contributed by atoms with van der Waals surface area (Å²) in [5, 5.41) is 87.2. The van der Waals surface area contributed by atoms with Gasteiger partial charge in [-0.3, -0.25) is 4.79 Å². The van der Waals surface area contributed by atoms with E-state index in [1.807, 2.05) is 6.08 Å². The Kier molecular flexibility index (Phi) is 48.7. The molecule has 0 spiro atoms. The largest absolute Gasteiger partial charge is 0.394 e. The average Bonchev–Trinajstić information content (AvgIpc) is 3.63. The van der Waals surface area contributed by atoms with E-state index in [4.69, 9.17) is 18.9 Å². The van der Waals surface area contributed by atoms with Crippen LogP contribution in [-0.2, 0) is 23.7 Å². The highest BCUT2D eigenvalue weighted by molar-refractivity contribution is 5.76. The maximum absolute atomic E-state index is 13.3. The number of hydrogen-bond donors (Lipinski definition) is 9. The van der Waals surface area contributed by atoms with Crippen molar-refractivity contribution in [2.75, 3.05) is 19.8 Å². The summed E-state index contributed by atoms with van der Waals surface area (Å²) in [5.41, 5.74) is 0. The zero-order valence-corrected chi connectivity index (χ0v) is 51.7. The summed E-state index contributed by atoms with van der Waals surface area (Å²) in [7, 11) is 0. The molecule has 1 amide bonds. The molecule has 83 heavy (non-hydrogen) atoms. The molecule has 0 aromatic rings. The van der Waals surface area contributed by atoms with Crippen molar-refractivity contribution in [3.05, 3.63) is 97.2 Å². The van der Waals surface area contributed by atoms with Gasteiger partial charge in [-0.05, 0) is 77.0 Å². The second-order valence-electron chi connectivity index (χ2n) is 22.9. The molecule has 12 unspecified atom stereocenters. The molecule has 2 rings (SSSR count). The number of unbranched alkanes of at least 4 members (excludes halogenated alkanes) is 25. The van der Waals surface area contributed by atoms with Gasteiger partial charge in [0.05, 0.1) is 32.0 Å². The van der Waals surface area contributed by atoms with Crippen molar-refractivity contribution in [2.45, 2.75) is 312 Å². The molecule has 9 N–H and O–H groups in total. The standard InChI is InChI=1S/C69H119NO13/c1-3-5-7-9-11-13-15-17-19-21-22-23-24-25-26-27-28-29-30-31-32-33-34-35-36-37-39-41-43-45-47-49-51-53-61(74)70-57(58(73)52-50-48-46-44-42-40-38-20-18-16-14-12-10-8-6-4-2)56-80-68-66(79)64(77)67(60(55-72)82-68)83-69-65(78)63(76)62(75)59(54-71)81-69/h5,7,11,13,17,19,22-23,25-26,28-29,31-32,50,52,57-60,62-69,71-73,75-79H,3-4,6,8-10,12,14-16,18,20-21,24,27,30,33-49,51,53-56H2,1-2H3,(H,70,74)/b7-5-,13-11-,19-17-,23-22-,26-25-,29-28-,32-31-,52-50+. The minimum absolute atomic E-state index is 0.246. The van der Waals surface area contributed by atoms with Gasteiger partial charge in [0.1, 0.15) is 48.8 Å². The Labute approximate surface area is 503 Å². The maximum atomic E-state index is 13.3. The first-order valence-corrected chi connectivity index (χ1v) is 33.0. The Balaban J connectivity index is 1.67. The number of rotatable bonds is 52. The van der Waals surface area contributed by atoms with Crippen LogP contribution in [0.15, 0.2) is 97.2 Å².